The summed E-state index contributed by atoms with van der Waals surface area (Å²) in [7, 11) is 1.81. The SMILES string of the molecule is CCCOCC(C)OC(=O)c1ccc(-c2ccc(C(=O)OC(C)COCCC(F)(F)F)c(C(=O)Nc3ccc(Oc4ccc(NC)cc4)cc3)c2)cc1C(C)=O. The van der Waals surface area contributed by atoms with Crippen molar-refractivity contribution in [2.75, 3.05) is 44.1 Å². The number of esters is 2. The number of Topliss-reactive ketones (excluding diaryl/α,β-unsaturated/α-hetero) is 1. The molecule has 0 fully saturated rings. The standard InChI is InChI=1S/C42H45F3N2O9/c1-6-20-52-24-26(2)54-40(50)35-17-7-29(22-37(35)28(4)48)30-8-18-36(41(51)55-27(3)25-53-21-19-42(43,44)45)38(23-30)39(49)47-32-11-15-34(16-12-32)56-33-13-9-31(46-5)10-14-33/h7-18,22-23,26-27,46H,6,19-21,24-25H2,1-5H3,(H,47,49). The average Bonchev–Trinajstić information content (AvgIpc) is 3.16. The fourth-order valence-corrected chi connectivity index (χ4v) is 5.30. The number of alkyl halides is 3. The molecule has 4 aromatic carbocycles. The topological polar surface area (TPSA) is 138 Å². The molecular formula is C42H45F3N2O9. The fourth-order valence-electron chi connectivity index (χ4n) is 5.30. The molecule has 2 atom stereocenters. The Labute approximate surface area is 323 Å². The van der Waals surface area contributed by atoms with E-state index in [4.69, 9.17) is 23.7 Å². The van der Waals surface area contributed by atoms with Gasteiger partial charge in [0.2, 0.25) is 0 Å². The molecule has 0 aliphatic heterocycles. The molecule has 56 heavy (non-hydrogen) atoms. The molecule has 2 unspecified atom stereocenters. The third-order valence-electron chi connectivity index (χ3n) is 8.13. The Kier molecular flexibility index (Phi) is 15.6. The number of carbonyl (C=O) groups excluding carboxylic acids is 4. The van der Waals surface area contributed by atoms with Crippen LogP contribution in [0.2, 0.25) is 0 Å². The highest BCUT2D eigenvalue weighted by Crippen LogP contribution is 2.29. The van der Waals surface area contributed by atoms with E-state index >= 15 is 0 Å². The van der Waals surface area contributed by atoms with Gasteiger partial charge in [-0.2, -0.15) is 13.2 Å². The molecule has 0 saturated heterocycles. The lowest BCUT2D eigenvalue weighted by molar-refractivity contribution is -0.147. The Bertz CT molecular complexity index is 1970. The van der Waals surface area contributed by atoms with E-state index in [9.17, 15) is 32.3 Å². The summed E-state index contributed by atoms with van der Waals surface area (Å²) in [6, 6.07) is 22.7. The van der Waals surface area contributed by atoms with E-state index in [1.165, 1.54) is 44.2 Å². The molecule has 0 radical (unpaired) electrons. The number of ether oxygens (including phenoxy) is 5. The van der Waals surface area contributed by atoms with Crippen LogP contribution in [0.3, 0.4) is 0 Å². The van der Waals surface area contributed by atoms with E-state index < -0.39 is 55.0 Å². The van der Waals surface area contributed by atoms with Crippen molar-refractivity contribution in [1.82, 2.24) is 0 Å². The number of hydrogen-bond donors (Lipinski definition) is 2. The number of benzene rings is 4. The zero-order valence-electron chi connectivity index (χ0n) is 31.8. The monoisotopic (exact) mass is 778 g/mol. The summed E-state index contributed by atoms with van der Waals surface area (Å²) in [6.45, 7) is 6.20. The minimum Gasteiger partial charge on any atom is -0.457 e. The molecule has 2 N–H and O–H groups in total. The summed E-state index contributed by atoms with van der Waals surface area (Å²) in [6.07, 6.45) is -6.25. The average molecular weight is 779 g/mol. The smallest absolute Gasteiger partial charge is 0.391 e. The zero-order chi connectivity index (χ0) is 40.8. The molecule has 0 aliphatic carbocycles. The van der Waals surface area contributed by atoms with E-state index in [0.29, 0.717) is 34.9 Å². The van der Waals surface area contributed by atoms with Crippen molar-refractivity contribution in [3.8, 4) is 22.6 Å². The summed E-state index contributed by atoms with van der Waals surface area (Å²) < 4.78 is 64.9. The van der Waals surface area contributed by atoms with E-state index in [1.807, 2.05) is 26.1 Å². The molecule has 0 heterocycles. The molecule has 4 rings (SSSR count). The molecule has 0 bridgehead atoms. The number of halogens is 3. The number of nitrogens with one attached hydrogen (secondary N) is 2. The number of ketones is 1. The number of anilines is 2. The second-order valence-corrected chi connectivity index (χ2v) is 12.9. The largest absolute Gasteiger partial charge is 0.457 e. The third-order valence-corrected chi connectivity index (χ3v) is 8.13. The highest BCUT2D eigenvalue weighted by molar-refractivity contribution is 6.12. The maximum atomic E-state index is 13.9. The molecule has 0 aliphatic rings. The first-order valence-corrected chi connectivity index (χ1v) is 18.0. The van der Waals surface area contributed by atoms with E-state index in [0.717, 1.165) is 12.1 Å². The van der Waals surface area contributed by atoms with Crippen LogP contribution in [0.15, 0.2) is 84.9 Å². The van der Waals surface area contributed by atoms with E-state index in [1.54, 1.807) is 49.4 Å². The molecule has 14 heteroatoms. The fraction of sp³-hybridized carbons (Fsp3) is 0.333. The van der Waals surface area contributed by atoms with Crippen molar-refractivity contribution in [3.63, 3.8) is 0 Å². The van der Waals surface area contributed by atoms with Gasteiger partial charge in [0.1, 0.15) is 23.7 Å². The summed E-state index contributed by atoms with van der Waals surface area (Å²) in [4.78, 5) is 53.0. The van der Waals surface area contributed by atoms with Gasteiger partial charge in [0.25, 0.3) is 5.91 Å². The molecule has 0 spiro atoms. The summed E-state index contributed by atoms with van der Waals surface area (Å²) in [5, 5.41) is 5.80. The van der Waals surface area contributed by atoms with Gasteiger partial charge in [-0.25, -0.2) is 9.59 Å². The summed E-state index contributed by atoms with van der Waals surface area (Å²) >= 11 is 0. The third kappa shape index (κ3) is 12.9. The Morgan fingerprint density at radius 3 is 1.62 bits per heavy atom. The first-order chi connectivity index (χ1) is 26.7. The van der Waals surface area contributed by atoms with Crippen molar-refractivity contribution >= 4 is 35.0 Å². The lowest BCUT2D eigenvalue weighted by Gasteiger charge is -2.17. The van der Waals surface area contributed by atoms with Crippen LogP contribution in [-0.4, -0.2) is 75.5 Å². The van der Waals surface area contributed by atoms with Crippen molar-refractivity contribution in [2.24, 2.45) is 0 Å². The maximum absolute atomic E-state index is 13.9. The highest BCUT2D eigenvalue weighted by atomic mass is 19.4. The molecule has 0 saturated carbocycles. The van der Waals surface area contributed by atoms with E-state index in [-0.39, 0.29) is 35.5 Å². The van der Waals surface area contributed by atoms with Gasteiger partial charge in [0.15, 0.2) is 5.78 Å². The van der Waals surface area contributed by atoms with Gasteiger partial charge in [0, 0.05) is 30.6 Å². The van der Waals surface area contributed by atoms with Gasteiger partial charge in [-0.05, 0) is 111 Å². The maximum Gasteiger partial charge on any atom is 0.391 e. The van der Waals surface area contributed by atoms with Crippen LogP contribution >= 0.6 is 0 Å². The Morgan fingerprint density at radius 2 is 1.14 bits per heavy atom. The van der Waals surface area contributed by atoms with Gasteiger partial charge >= 0.3 is 18.1 Å². The summed E-state index contributed by atoms with van der Waals surface area (Å²) in [5.41, 5.74) is 2.07. The van der Waals surface area contributed by atoms with Crippen molar-refractivity contribution in [2.45, 2.75) is 58.9 Å². The normalized spacial score (nSPS) is 12.3. The lowest BCUT2D eigenvalue weighted by atomic mass is 9.94. The second kappa shape index (κ2) is 20.3. The van der Waals surface area contributed by atoms with Crippen molar-refractivity contribution < 1.29 is 56.0 Å². The van der Waals surface area contributed by atoms with Gasteiger partial charge in [-0.1, -0.05) is 19.1 Å². The quantitative estimate of drug-likeness (QED) is 0.0539. The van der Waals surface area contributed by atoms with Crippen LogP contribution < -0.4 is 15.4 Å². The first kappa shape index (κ1) is 43.0. The van der Waals surface area contributed by atoms with Crippen molar-refractivity contribution in [3.05, 3.63) is 107 Å². The van der Waals surface area contributed by atoms with Gasteiger partial charge < -0.3 is 34.3 Å². The van der Waals surface area contributed by atoms with Gasteiger partial charge in [-0.3, -0.25) is 9.59 Å². The number of carbonyl (C=O) groups is 4. The highest BCUT2D eigenvalue weighted by Gasteiger charge is 2.27. The minimum absolute atomic E-state index is 0.0515. The Hall–Kier alpha value is -5.73. The van der Waals surface area contributed by atoms with Crippen LogP contribution in [0.4, 0.5) is 24.5 Å². The van der Waals surface area contributed by atoms with Crippen LogP contribution in [0.1, 0.15) is 82.0 Å². The van der Waals surface area contributed by atoms with Crippen molar-refractivity contribution in [1.29, 1.82) is 0 Å². The van der Waals surface area contributed by atoms with Crippen LogP contribution in [-0.2, 0) is 18.9 Å². The molecule has 4 aromatic rings. The predicted octanol–water partition coefficient (Wildman–Crippen LogP) is 9.13. The molecule has 1 amide bonds. The minimum atomic E-state index is -4.40. The number of amides is 1. The van der Waals surface area contributed by atoms with Crippen LogP contribution in [0.5, 0.6) is 11.5 Å². The first-order valence-electron chi connectivity index (χ1n) is 18.0. The van der Waals surface area contributed by atoms with E-state index in [2.05, 4.69) is 10.6 Å². The summed E-state index contributed by atoms with van der Waals surface area (Å²) in [5.74, 6) is -1.60. The van der Waals surface area contributed by atoms with Crippen LogP contribution in [0.25, 0.3) is 11.1 Å². The van der Waals surface area contributed by atoms with Gasteiger partial charge in [0.05, 0.1) is 42.9 Å². The lowest BCUT2D eigenvalue weighted by Crippen LogP contribution is -2.24. The molecule has 11 nitrogen and oxygen atoms in total. The van der Waals surface area contributed by atoms with Crippen LogP contribution in [0, 0.1) is 0 Å². The zero-order valence-corrected chi connectivity index (χ0v) is 31.8. The predicted molar refractivity (Wildman–Crippen MR) is 205 cm³/mol. The van der Waals surface area contributed by atoms with Gasteiger partial charge in [-0.15, -0.1) is 0 Å². The molecule has 0 aromatic heterocycles. The Balaban J connectivity index is 1.60. The molecular weight excluding hydrogens is 733 g/mol. The molecule has 298 valence electrons. The number of rotatable bonds is 19. The second-order valence-electron chi connectivity index (χ2n) is 12.9. The number of hydrogen-bond acceptors (Lipinski definition) is 10. The Morgan fingerprint density at radius 1 is 0.661 bits per heavy atom.